The number of fused-ring (bicyclic) bond motifs is 5. The lowest BCUT2D eigenvalue weighted by Gasteiger charge is -2.16. The third-order valence-electron chi connectivity index (χ3n) is 6.95. The van der Waals surface area contributed by atoms with Crippen molar-refractivity contribution in [2.45, 2.75) is 19.8 Å². The van der Waals surface area contributed by atoms with Gasteiger partial charge in [0.05, 0.1) is 16.7 Å². The Morgan fingerprint density at radius 1 is 0.743 bits per heavy atom. The van der Waals surface area contributed by atoms with Gasteiger partial charge in [-0.3, -0.25) is 4.40 Å². The Labute approximate surface area is 208 Å². The molecule has 35 heavy (non-hydrogen) atoms. The van der Waals surface area contributed by atoms with E-state index in [4.69, 9.17) is 4.98 Å². The van der Waals surface area contributed by atoms with E-state index >= 15 is 0 Å². The van der Waals surface area contributed by atoms with E-state index in [0.29, 0.717) is 0 Å². The van der Waals surface area contributed by atoms with E-state index in [-0.39, 0.29) is 0 Å². The van der Waals surface area contributed by atoms with Crippen molar-refractivity contribution in [1.29, 1.82) is 0 Å². The molecule has 3 heteroatoms. The summed E-state index contributed by atoms with van der Waals surface area (Å²) < 4.78 is 2.33. The largest absolute Gasteiger partial charge is 0.293 e. The van der Waals surface area contributed by atoms with Gasteiger partial charge >= 0.3 is 0 Å². The molecule has 3 heterocycles. The summed E-state index contributed by atoms with van der Waals surface area (Å²) in [4.78, 5) is 7.79. The van der Waals surface area contributed by atoms with Crippen molar-refractivity contribution >= 4 is 33.8 Å². The van der Waals surface area contributed by atoms with Gasteiger partial charge in [0.15, 0.2) is 0 Å². The maximum atomic E-state index is 5.20. The van der Waals surface area contributed by atoms with Crippen LogP contribution >= 0.6 is 11.3 Å². The van der Waals surface area contributed by atoms with Crippen LogP contribution in [0.5, 0.6) is 0 Å². The molecule has 0 unspecified atom stereocenters. The monoisotopic (exact) mass is 468 g/mol. The van der Waals surface area contributed by atoms with Crippen LogP contribution in [0.3, 0.4) is 0 Å². The smallest absolute Gasteiger partial charge is 0.145 e. The van der Waals surface area contributed by atoms with Crippen molar-refractivity contribution in [3.8, 4) is 32.3 Å². The summed E-state index contributed by atoms with van der Waals surface area (Å²) in [6, 6.07) is 33.1. The minimum atomic E-state index is 0.992. The van der Waals surface area contributed by atoms with E-state index < -0.39 is 0 Å². The molecule has 1 aliphatic rings. The molecule has 0 spiro atoms. The van der Waals surface area contributed by atoms with Gasteiger partial charge in [0, 0.05) is 26.3 Å². The summed E-state index contributed by atoms with van der Waals surface area (Å²) in [5, 5.41) is 1.25. The molecule has 0 saturated heterocycles. The van der Waals surface area contributed by atoms with Crippen LogP contribution in [-0.2, 0) is 6.42 Å². The summed E-state index contributed by atoms with van der Waals surface area (Å²) in [5.41, 5.74) is 9.86. The summed E-state index contributed by atoms with van der Waals surface area (Å²) >= 11 is 1.84. The fourth-order valence-corrected chi connectivity index (χ4v) is 6.12. The van der Waals surface area contributed by atoms with Crippen molar-refractivity contribution in [2.75, 3.05) is 0 Å². The third-order valence-corrected chi connectivity index (χ3v) is 8.14. The highest BCUT2D eigenvalue weighted by Gasteiger charge is 2.18. The number of thiophene rings is 1. The fraction of sp³-hybridized carbons (Fsp3) is 0.0938. The van der Waals surface area contributed by atoms with Crippen LogP contribution in [0.2, 0.25) is 0 Å². The SMILES string of the molecule is Cc1ccc(-c2ccc(-c3ccc(-c4nc5c(c6cc7ccccc7n46)C=CCC5)cc3)s2)cc1. The molecule has 0 fully saturated rings. The van der Waals surface area contributed by atoms with Gasteiger partial charge in [-0.2, -0.15) is 0 Å². The first-order chi connectivity index (χ1) is 17.2. The van der Waals surface area contributed by atoms with E-state index in [0.717, 1.165) is 24.2 Å². The topological polar surface area (TPSA) is 17.3 Å². The first kappa shape index (κ1) is 20.4. The van der Waals surface area contributed by atoms with Crippen LogP contribution in [0.4, 0.5) is 0 Å². The number of para-hydroxylation sites is 1. The Balaban J connectivity index is 1.32. The maximum absolute atomic E-state index is 5.20. The number of aromatic nitrogens is 2. The molecule has 0 amide bonds. The molecule has 0 bridgehead atoms. The van der Waals surface area contributed by atoms with E-state index in [1.54, 1.807) is 0 Å². The number of benzene rings is 3. The van der Waals surface area contributed by atoms with Crippen LogP contribution in [0.1, 0.15) is 23.2 Å². The minimum Gasteiger partial charge on any atom is -0.293 e. The van der Waals surface area contributed by atoms with Crippen LogP contribution in [-0.4, -0.2) is 9.38 Å². The normalized spacial score (nSPS) is 12.9. The van der Waals surface area contributed by atoms with Gasteiger partial charge in [0.2, 0.25) is 0 Å². The van der Waals surface area contributed by atoms with Gasteiger partial charge in [-0.1, -0.05) is 84.4 Å². The Hall–Kier alpha value is -3.95. The van der Waals surface area contributed by atoms with Gasteiger partial charge in [0.1, 0.15) is 5.82 Å². The first-order valence-corrected chi connectivity index (χ1v) is 12.9. The van der Waals surface area contributed by atoms with Crippen molar-refractivity contribution in [3.63, 3.8) is 0 Å². The Morgan fingerprint density at radius 3 is 2.20 bits per heavy atom. The molecule has 3 aromatic heterocycles. The molecule has 168 valence electrons. The Bertz CT molecular complexity index is 1730. The summed E-state index contributed by atoms with van der Waals surface area (Å²) in [7, 11) is 0. The summed E-state index contributed by atoms with van der Waals surface area (Å²) in [5.74, 6) is 1.02. The number of allylic oxidation sites excluding steroid dienone is 1. The van der Waals surface area contributed by atoms with Crippen molar-refractivity contribution in [2.24, 2.45) is 0 Å². The number of nitrogens with zero attached hydrogens (tertiary/aromatic N) is 2. The lowest BCUT2D eigenvalue weighted by atomic mass is 10.0. The average Bonchev–Trinajstić information content (AvgIpc) is 3.55. The summed E-state index contributed by atoms with van der Waals surface area (Å²) in [6.45, 7) is 2.13. The second kappa shape index (κ2) is 8.07. The zero-order valence-corrected chi connectivity index (χ0v) is 20.3. The third kappa shape index (κ3) is 3.43. The maximum Gasteiger partial charge on any atom is 0.145 e. The van der Waals surface area contributed by atoms with Gasteiger partial charge < -0.3 is 0 Å². The Morgan fingerprint density at radius 2 is 1.43 bits per heavy atom. The number of hydrogen-bond acceptors (Lipinski definition) is 2. The number of rotatable bonds is 3. The van der Waals surface area contributed by atoms with E-state index in [2.05, 4.69) is 114 Å². The fourth-order valence-electron chi connectivity index (χ4n) is 5.10. The van der Waals surface area contributed by atoms with Crippen LogP contribution < -0.4 is 0 Å². The minimum absolute atomic E-state index is 0.992. The number of hydrogen-bond donors (Lipinski definition) is 0. The standard InChI is InChI=1S/C32H24N2S/c1-21-10-12-22(13-11-21)30-18-19-31(35-30)23-14-16-24(17-15-23)32-33-27-8-4-3-7-26(27)29-20-25-6-2-5-9-28(25)34(29)32/h2-3,5-7,9-20H,4,8H2,1H3. The molecule has 0 N–H and O–H groups in total. The first-order valence-electron chi connectivity index (χ1n) is 12.1. The van der Waals surface area contributed by atoms with Crippen molar-refractivity contribution in [3.05, 3.63) is 114 Å². The zero-order chi connectivity index (χ0) is 23.4. The molecule has 1 aliphatic carbocycles. The molecule has 3 aromatic carbocycles. The average molecular weight is 469 g/mol. The molecule has 0 aliphatic heterocycles. The highest BCUT2D eigenvalue weighted by Crippen LogP contribution is 2.37. The predicted octanol–water partition coefficient (Wildman–Crippen LogP) is 8.82. The second-order valence-electron chi connectivity index (χ2n) is 9.27. The van der Waals surface area contributed by atoms with Gasteiger partial charge in [-0.15, -0.1) is 11.3 Å². The second-order valence-corrected chi connectivity index (χ2v) is 10.4. The van der Waals surface area contributed by atoms with Crippen molar-refractivity contribution in [1.82, 2.24) is 9.38 Å². The predicted molar refractivity (Wildman–Crippen MR) is 149 cm³/mol. The molecular weight excluding hydrogens is 444 g/mol. The molecule has 2 nitrogen and oxygen atoms in total. The molecule has 0 atom stereocenters. The molecule has 0 saturated carbocycles. The quantitative estimate of drug-likeness (QED) is 0.254. The van der Waals surface area contributed by atoms with Gasteiger partial charge in [-0.25, -0.2) is 4.98 Å². The van der Waals surface area contributed by atoms with Crippen LogP contribution in [0, 0.1) is 6.92 Å². The molecule has 6 aromatic rings. The van der Waals surface area contributed by atoms with E-state index in [1.807, 2.05) is 11.3 Å². The van der Waals surface area contributed by atoms with Crippen LogP contribution in [0.25, 0.3) is 54.8 Å². The van der Waals surface area contributed by atoms with Crippen molar-refractivity contribution < 1.29 is 0 Å². The number of aryl methyl sites for hydroxylation is 2. The molecule has 7 rings (SSSR count). The van der Waals surface area contributed by atoms with E-state index in [1.165, 1.54) is 54.1 Å². The molecule has 0 radical (unpaired) electrons. The van der Waals surface area contributed by atoms with E-state index in [9.17, 15) is 0 Å². The highest BCUT2D eigenvalue weighted by atomic mass is 32.1. The Kier molecular flexibility index (Phi) is 4.71. The zero-order valence-electron chi connectivity index (χ0n) is 19.5. The lowest BCUT2D eigenvalue weighted by molar-refractivity contribution is 0.913. The van der Waals surface area contributed by atoms with Gasteiger partial charge in [0.25, 0.3) is 0 Å². The van der Waals surface area contributed by atoms with Gasteiger partial charge in [-0.05, 0) is 55.2 Å². The van der Waals surface area contributed by atoms with Crippen LogP contribution in [0.15, 0.2) is 97.1 Å². The summed E-state index contributed by atoms with van der Waals surface area (Å²) in [6.07, 6.45) is 6.56. The molecular formula is C32H24N2S. The highest BCUT2D eigenvalue weighted by molar-refractivity contribution is 7.18. The lowest BCUT2D eigenvalue weighted by Crippen LogP contribution is -2.06.